The maximum absolute atomic E-state index is 13.4. The number of halogens is 3. The van der Waals surface area contributed by atoms with E-state index in [1.165, 1.54) is 13.2 Å². The van der Waals surface area contributed by atoms with Gasteiger partial charge in [0.05, 0.1) is 13.5 Å². The van der Waals surface area contributed by atoms with Crippen molar-refractivity contribution in [3.8, 4) is 0 Å². The summed E-state index contributed by atoms with van der Waals surface area (Å²) >= 11 is 3.14. The summed E-state index contributed by atoms with van der Waals surface area (Å²) in [5.41, 5.74) is 5.98. The van der Waals surface area contributed by atoms with Gasteiger partial charge in [-0.1, -0.05) is 22.0 Å². The fourth-order valence-corrected chi connectivity index (χ4v) is 1.51. The van der Waals surface area contributed by atoms with E-state index in [1.807, 2.05) is 0 Å². The van der Waals surface area contributed by atoms with Crippen LogP contribution in [0.5, 0.6) is 0 Å². The molecule has 0 radical (unpaired) electrons. The van der Waals surface area contributed by atoms with Gasteiger partial charge in [-0.05, 0) is 12.1 Å². The number of nitrogens with two attached hydrogens (primary N) is 1. The summed E-state index contributed by atoms with van der Waals surface area (Å²) in [6, 6.07) is 3.86. The third-order valence-electron chi connectivity index (χ3n) is 1.98. The molecule has 0 bridgehead atoms. The van der Waals surface area contributed by atoms with Gasteiger partial charge in [0.25, 0.3) is 0 Å². The highest BCUT2D eigenvalue weighted by molar-refractivity contribution is 9.10. The molecule has 3 nitrogen and oxygen atoms in total. The van der Waals surface area contributed by atoms with Gasteiger partial charge in [0.1, 0.15) is 5.82 Å². The molecule has 0 aliphatic carbocycles. The molecule has 0 spiro atoms. The molecular weight excluding hydrogens is 300 g/mol. The van der Waals surface area contributed by atoms with E-state index in [0.717, 1.165) is 0 Å². The maximum Gasteiger partial charge on any atom is 0.307 e. The minimum atomic E-state index is -0.675. The lowest BCUT2D eigenvalue weighted by molar-refractivity contribution is -0.141. The molecule has 0 saturated heterocycles. The molecule has 6 heteroatoms. The molecule has 0 aromatic heterocycles. The molecule has 16 heavy (non-hydrogen) atoms. The van der Waals surface area contributed by atoms with Crippen molar-refractivity contribution in [2.24, 2.45) is 5.73 Å². The van der Waals surface area contributed by atoms with Crippen molar-refractivity contribution in [2.75, 3.05) is 7.11 Å². The Kier molecular flexibility index (Phi) is 6.55. The largest absolute Gasteiger partial charge is 0.469 e. The van der Waals surface area contributed by atoms with Crippen LogP contribution in [0.2, 0.25) is 0 Å². The number of benzene rings is 1. The van der Waals surface area contributed by atoms with Crippen molar-refractivity contribution >= 4 is 34.3 Å². The van der Waals surface area contributed by atoms with Gasteiger partial charge in [-0.3, -0.25) is 4.79 Å². The SMILES string of the molecule is COC(=O)C[C@@H](N)c1ccc(Br)cc1F.Cl. The summed E-state index contributed by atoms with van der Waals surface area (Å²) in [7, 11) is 1.27. The zero-order valence-corrected chi connectivity index (χ0v) is 11.0. The molecule has 2 N–H and O–H groups in total. The molecular formula is C10H12BrClFNO2. The standard InChI is InChI=1S/C10H11BrFNO2.ClH/c1-15-10(14)5-9(13)7-3-2-6(11)4-8(7)12;/h2-4,9H,5,13H2,1H3;1H/t9-;/m1./s1. The Morgan fingerprint density at radius 3 is 2.75 bits per heavy atom. The first-order chi connectivity index (χ1) is 7.04. The summed E-state index contributed by atoms with van der Waals surface area (Å²) < 4.78 is 18.5. The van der Waals surface area contributed by atoms with E-state index in [9.17, 15) is 9.18 Å². The molecule has 1 atom stereocenters. The van der Waals surface area contributed by atoms with Gasteiger partial charge in [0.15, 0.2) is 0 Å². The van der Waals surface area contributed by atoms with E-state index < -0.39 is 17.8 Å². The second kappa shape index (κ2) is 6.83. The maximum atomic E-state index is 13.4. The number of carbonyl (C=O) groups is 1. The molecule has 0 unspecified atom stereocenters. The van der Waals surface area contributed by atoms with Crippen LogP contribution in [-0.2, 0) is 9.53 Å². The van der Waals surface area contributed by atoms with E-state index in [1.54, 1.807) is 12.1 Å². The molecule has 1 aromatic rings. The van der Waals surface area contributed by atoms with Gasteiger partial charge in [0.2, 0.25) is 0 Å². The number of hydrogen-bond acceptors (Lipinski definition) is 3. The van der Waals surface area contributed by atoms with E-state index in [2.05, 4.69) is 20.7 Å². The average Bonchev–Trinajstić information content (AvgIpc) is 2.17. The van der Waals surface area contributed by atoms with Crippen LogP contribution < -0.4 is 5.73 Å². The normalized spacial score (nSPS) is 11.5. The smallest absolute Gasteiger partial charge is 0.307 e. The minimum Gasteiger partial charge on any atom is -0.469 e. The number of esters is 1. The first kappa shape index (κ1) is 15.3. The van der Waals surface area contributed by atoms with Gasteiger partial charge >= 0.3 is 5.97 Å². The molecule has 1 rings (SSSR count). The second-order valence-electron chi connectivity index (χ2n) is 3.05. The van der Waals surface area contributed by atoms with Crippen LogP contribution in [0.3, 0.4) is 0 Å². The number of hydrogen-bond donors (Lipinski definition) is 1. The topological polar surface area (TPSA) is 52.3 Å². The lowest BCUT2D eigenvalue weighted by atomic mass is 10.0. The Bertz CT molecular complexity index is 376. The molecule has 1 aromatic carbocycles. The summed E-state index contributed by atoms with van der Waals surface area (Å²) in [4.78, 5) is 10.9. The molecule has 0 fully saturated rings. The van der Waals surface area contributed by atoms with E-state index in [4.69, 9.17) is 5.73 Å². The van der Waals surface area contributed by atoms with Crippen LogP contribution in [0, 0.1) is 5.82 Å². The number of ether oxygens (including phenoxy) is 1. The van der Waals surface area contributed by atoms with Crippen molar-refractivity contribution in [1.82, 2.24) is 0 Å². The molecule has 90 valence electrons. The fourth-order valence-electron chi connectivity index (χ4n) is 1.18. The van der Waals surface area contributed by atoms with Crippen molar-refractivity contribution in [3.05, 3.63) is 34.1 Å². The lowest BCUT2D eigenvalue weighted by Gasteiger charge is -2.11. The van der Waals surface area contributed by atoms with Crippen molar-refractivity contribution in [1.29, 1.82) is 0 Å². The minimum absolute atomic E-state index is 0. The summed E-state index contributed by atoms with van der Waals surface area (Å²) in [6.45, 7) is 0. The summed E-state index contributed by atoms with van der Waals surface area (Å²) in [5, 5.41) is 0. The van der Waals surface area contributed by atoms with Gasteiger partial charge < -0.3 is 10.5 Å². The molecule has 0 amide bonds. The second-order valence-corrected chi connectivity index (χ2v) is 3.97. The van der Waals surface area contributed by atoms with Crippen LogP contribution in [-0.4, -0.2) is 13.1 Å². The van der Waals surface area contributed by atoms with Gasteiger partial charge in [-0.2, -0.15) is 0 Å². The summed E-state index contributed by atoms with van der Waals surface area (Å²) in [5.74, 6) is -0.884. The molecule has 0 saturated carbocycles. The zero-order valence-electron chi connectivity index (χ0n) is 8.57. The van der Waals surface area contributed by atoms with E-state index in [-0.39, 0.29) is 18.8 Å². The predicted octanol–water partition coefficient (Wildman–Crippen LogP) is 2.57. The van der Waals surface area contributed by atoms with Crippen LogP contribution >= 0.6 is 28.3 Å². The van der Waals surface area contributed by atoms with E-state index in [0.29, 0.717) is 10.0 Å². The van der Waals surface area contributed by atoms with E-state index >= 15 is 0 Å². The molecule has 0 aliphatic rings. The van der Waals surface area contributed by atoms with Gasteiger partial charge in [0, 0.05) is 16.1 Å². The predicted molar refractivity (Wildman–Crippen MR) is 64.9 cm³/mol. The Morgan fingerprint density at radius 2 is 2.25 bits per heavy atom. The highest BCUT2D eigenvalue weighted by Crippen LogP contribution is 2.21. The monoisotopic (exact) mass is 311 g/mol. The van der Waals surface area contributed by atoms with Crippen LogP contribution in [0.1, 0.15) is 18.0 Å². The van der Waals surface area contributed by atoms with Crippen molar-refractivity contribution in [2.45, 2.75) is 12.5 Å². The molecule has 0 heterocycles. The third kappa shape index (κ3) is 4.08. The van der Waals surface area contributed by atoms with Crippen LogP contribution in [0.25, 0.3) is 0 Å². The number of carbonyl (C=O) groups excluding carboxylic acids is 1. The quantitative estimate of drug-likeness (QED) is 0.873. The van der Waals surface area contributed by atoms with Gasteiger partial charge in [-0.25, -0.2) is 4.39 Å². The van der Waals surface area contributed by atoms with Crippen molar-refractivity contribution < 1.29 is 13.9 Å². The average molecular weight is 313 g/mol. The highest BCUT2D eigenvalue weighted by atomic mass is 79.9. The Balaban J connectivity index is 0.00000225. The molecule has 0 aliphatic heterocycles. The van der Waals surface area contributed by atoms with Crippen LogP contribution in [0.15, 0.2) is 22.7 Å². The lowest BCUT2D eigenvalue weighted by Crippen LogP contribution is -2.17. The first-order valence-electron chi connectivity index (χ1n) is 4.32. The summed E-state index contributed by atoms with van der Waals surface area (Å²) in [6.07, 6.45) is -0.0327. The van der Waals surface area contributed by atoms with Crippen molar-refractivity contribution in [3.63, 3.8) is 0 Å². The Morgan fingerprint density at radius 1 is 1.62 bits per heavy atom. The number of rotatable bonds is 3. The Labute approximate surface area is 108 Å². The number of methoxy groups -OCH3 is 1. The Hall–Kier alpha value is -0.650. The third-order valence-corrected chi connectivity index (χ3v) is 2.47. The fraction of sp³-hybridized carbons (Fsp3) is 0.300. The zero-order chi connectivity index (χ0) is 11.4. The van der Waals surface area contributed by atoms with Crippen LogP contribution in [0.4, 0.5) is 4.39 Å². The first-order valence-corrected chi connectivity index (χ1v) is 5.11. The highest BCUT2D eigenvalue weighted by Gasteiger charge is 2.15. The van der Waals surface area contributed by atoms with Gasteiger partial charge in [-0.15, -0.1) is 12.4 Å².